The van der Waals surface area contributed by atoms with Gasteiger partial charge in [0.25, 0.3) is 0 Å². The maximum absolute atomic E-state index is 13.9. The minimum atomic E-state index is -0.860. The molecule has 0 fully saturated rings. The van der Waals surface area contributed by atoms with Crippen molar-refractivity contribution in [2.24, 2.45) is 0 Å². The van der Waals surface area contributed by atoms with E-state index in [2.05, 4.69) is 9.97 Å². The summed E-state index contributed by atoms with van der Waals surface area (Å²) in [7, 11) is 0. The number of halogens is 1. The van der Waals surface area contributed by atoms with Crippen molar-refractivity contribution in [1.29, 1.82) is 0 Å². The Bertz CT molecular complexity index is 1120. The first-order valence-electron chi connectivity index (χ1n) is 8.01. The van der Waals surface area contributed by atoms with E-state index in [1.54, 1.807) is 30.6 Å². The number of carbonyl (C=O) groups is 1. The zero-order valence-corrected chi connectivity index (χ0v) is 14.6. The Morgan fingerprint density at radius 2 is 1.89 bits per heavy atom. The van der Waals surface area contributed by atoms with E-state index in [1.807, 2.05) is 34.9 Å². The van der Waals surface area contributed by atoms with Crippen molar-refractivity contribution in [2.75, 3.05) is 0 Å². The third-order valence-corrected chi connectivity index (χ3v) is 4.19. The van der Waals surface area contributed by atoms with Gasteiger partial charge in [-0.15, -0.1) is 0 Å². The summed E-state index contributed by atoms with van der Waals surface area (Å²) in [5, 5.41) is 8.85. The molecule has 0 aliphatic heterocycles. The number of carboxylic acids is 1. The first-order chi connectivity index (χ1) is 12.6. The molecule has 0 spiro atoms. The van der Waals surface area contributed by atoms with Crippen LogP contribution < -0.4 is 18.9 Å². The van der Waals surface area contributed by atoms with E-state index in [0.29, 0.717) is 11.1 Å². The quantitative estimate of drug-likeness (QED) is 0.438. The fraction of sp³-hybridized carbons (Fsp3) is 0.0500. The van der Waals surface area contributed by atoms with Gasteiger partial charge in [-0.2, -0.15) is 4.39 Å². The maximum atomic E-state index is 13.9. The van der Waals surface area contributed by atoms with Crippen LogP contribution in [0.15, 0.2) is 67.1 Å². The number of pyridine rings is 1. The molecule has 130 valence electrons. The molecule has 7 heteroatoms. The number of fused-ring (bicyclic) bond motifs is 1. The molecule has 2 aromatic heterocycles. The Kier molecular flexibility index (Phi) is 5.40. The molecule has 4 aromatic rings. The minimum absolute atomic E-state index is 0. The van der Waals surface area contributed by atoms with Crippen molar-refractivity contribution >= 4 is 17.0 Å². The number of nitrogens with zero attached hydrogens (tertiary/aromatic N) is 3. The van der Waals surface area contributed by atoms with Gasteiger partial charge >= 0.3 is 24.8 Å². The van der Waals surface area contributed by atoms with Crippen LogP contribution in [0.25, 0.3) is 27.8 Å². The average molecular weight is 355 g/mol. The number of aromatic nitrogens is 3. The molecule has 5 nitrogen and oxygen atoms in total. The second kappa shape index (κ2) is 7.75. The standard InChI is InChI=1S/C20H14FN3O2.Li.H/c21-20-16(2-1-9-22-20)14-5-8-18-17(11-14)23-12-24(18)15-6-3-13(4-7-15)10-19(25)26;;/h1-9,11-12H,10H2,(H,25,26);;/q;+1;-1. The molecule has 1 N–H and O–H groups in total. The Labute approximate surface area is 168 Å². The van der Waals surface area contributed by atoms with Gasteiger partial charge in [0.2, 0.25) is 5.95 Å². The van der Waals surface area contributed by atoms with Crippen LogP contribution in [0.4, 0.5) is 4.39 Å². The molecule has 0 bridgehead atoms. The van der Waals surface area contributed by atoms with E-state index in [9.17, 15) is 9.18 Å². The summed E-state index contributed by atoms with van der Waals surface area (Å²) in [5.41, 5.74) is 4.37. The minimum Gasteiger partial charge on any atom is -1.00 e. The normalized spacial score (nSPS) is 10.6. The zero-order valence-electron chi connectivity index (χ0n) is 15.6. The van der Waals surface area contributed by atoms with Crippen LogP contribution in [-0.2, 0) is 11.2 Å². The second-order valence-corrected chi connectivity index (χ2v) is 5.90. The Morgan fingerprint density at radius 3 is 2.59 bits per heavy atom. The van der Waals surface area contributed by atoms with E-state index in [0.717, 1.165) is 22.3 Å². The van der Waals surface area contributed by atoms with E-state index >= 15 is 0 Å². The molecule has 4 rings (SSSR count). The largest absolute Gasteiger partial charge is 1.00 e. The molecule has 0 radical (unpaired) electrons. The van der Waals surface area contributed by atoms with Gasteiger partial charge in [-0.1, -0.05) is 18.2 Å². The van der Waals surface area contributed by atoms with Gasteiger partial charge in [0.15, 0.2) is 0 Å². The third-order valence-electron chi connectivity index (χ3n) is 4.19. The van der Waals surface area contributed by atoms with Gasteiger partial charge in [0.1, 0.15) is 6.33 Å². The summed E-state index contributed by atoms with van der Waals surface area (Å²) in [6, 6.07) is 16.2. The molecule has 2 aromatic carbocycles. The van der Waals surface area contributed by atoms with E-state index in [-0.39, 0.29) is 26.7 Å². The van der Waals surface area contributed by atoms with Gasteiger partial charge in [0.05, 0.1) is 17.5 Å². The number of rotatable bonds is 4. The number of hydrogen-bond acceptors (Lipinski definition) is 3. The third kappa shape index (κ3) is 3.77. The number of benzene rings is 2. The van der Waals surface area contributed by atoms with Gasteiger partial charge in [-0.05, 0) is 47.5 Å². The fourth-order valence-corrected chi connectivity index (χ4v) is 2.94. The van der Waals surface area contributed by atoms with Gasteiger partial charge in [-0.25, -0.2) is 9.97 Å². The van der Waals surface area contributed by atoms with Crippen LogP contribution in [0.1, 0.15) is 6.99 Å². The molecular formula is C20H15FLiN3O2. The van der Waals surface area contributed by atoms with Gasteiger partial charge < -0.3 is 6.53 Å². The molecule has 0 atom stereocenters. The van der Waals surface area contributed by atoms with Crippen LogP contribution in [0.2, 0.25) is 0 Å². The number of imidazole rings is 1. The molecule has 0 unspecified atom stereocenters. The number of aliphatic carboxylic acids is 1. The first-order valence-corrected chi connectivity index (χ1v) is 8.01. The Morgan fingerprint density at radius 1 is 1.11 bits per heavy atom. The van der Waals surface area contributed by atoms with Gasteiger partial charge in [-0.3, -0.25) is 9.36 Å². The summed E-state index contributed by atoms with van der Waals surface area (Å²) in [6.45, 7) is 0. The fourth-order valence-electron chi connectivity index (χ4n) is 2.94. The van der Waals surface area contributed by atoms with E-state index in [1.165, 1.54) is 6.20 Å². The molecular weight excluding hydrogens is 340 g/mol. The van der Waals surface area contributed by atoms with Gasteiger partial charge in [0, 0.05) is 17.4 Å². The zero-order chi connectivity index (χ0) is 18.1. The molecule has 0 saturated heterocycles. The molecule has 0 aliphatic rings. The predicted molar refractivity (Wildman–Crippen MR) is 96.7 cm³/mol. The van der Waals surface area contributed by atoms with Crippen LogP contribution in [0.5, 0.6) is 0 Å². The molecule has 0 aliphatic carbocycles. The second-order valence-electron chi connectivity index (χ2n) is 5.90. The number of hydrogen-bond donors (Lipinski definition) is 1. The monoisotopic (exact) mass is 355 g/mol. The summed E-state index contributed by atoms with van der Waals surface area (Å²) in [4.78, 5) is 18.9. The van der Waals surface area contributed by atoms with Crippen LogP contribution in [0, 0.1) is 5.95 Å². The van der Waals surface area contributed by atoms with Crippen molar-refractivity contribution in [1.82, 2.24) is 14.5 Å². The SMILES string of the molecule is O=C(O)Cc1ccc(-n2cnc3cc(-c4cccnc4F)ccc32)cc1.[H-].[Li+]. The topological polar surface area (TPSA) is 68.0 Å². The van der Waals surface area contributed by atoms with Crippen molar-refractivity contribution in [3.8, 4) is 16.8 Å². The van der Waals surface area contributed by atoms with Crippen molar-refractivity contribution in [3.05, 3.63) is 78.6 Å². The summed E-state index contributed by atoms with van der Waals surface area (Å²) >= 11 is 0. The van der Waals surface area contributed by atoms with Crippen molar-refractivity contribution in [3.63, 3.8) is 0 Å². The van der Waals surface area contributed by atoms with Crippen molar-refractivity contribution < 1.29 is 34.6 Å². The first kappa shape index (κ1) is 18.8. The molecule has 0 amide bonds. The Hall–Kier alpha value is -2.94. The summed E-state index contributed by atoms with van der Waals surface area (Å²) in [5.74, 6) is -1.37. The number of carboxylic acid groups (broad SMARTS) is 1. The average Bonchev–Trinajstić information content (AvgIpc) is 3.05. The molecule has 27 heavy (non-hydrogen) atoms. The predicted octanol–water partition coefficient (Wildman–Crippen LogP) is 0.970. The Balaban J connectivity index is 0.00000140. The summed E-state index contributed by atoms with van der Waals surface area (Å²) < 4.78 is 15.8. The van der Waals surface area contributed by atoms with Crippen LogP contribution in [0.3, 0.4) is 0 Å². The van der Waals surface area contributed by atoms with E-state index in [4.69, 9.17) is 5.11 Å². The van der Waals surface area contributed by atoms with E-state index < -0.39 is 11.9 Å². The maximum Gasteiger partial charge on any atom is 1.00 e. The van der Waals surface area contributed by atoms with Crippen LogP contribution >= 0.6 is 0 Å². The van der Waals surface area contributed by atoms with Crippen LogP contribution in [-0.4, -0.2) is 25.6 Å². The molecule has 0 saturated carbocycles. The molecule has 2 heterocycles. The smallest absolute Gasteiger partial charge is 1.00 e. The summed E-state index contributed by atoms with van der Waals surface area (Å²) in [6.07, 6.45) is 3.10. The van der Waals surface area contributed by atoms with Crippen molar-refractivity contribution in [2.45, 2.75) is 6.42 Å².